The Bertz CT molecular complexity index is 470. The molecule has 0 bridgehead atoms. The number of nitrogens with zero attached hydrogens (tertiary/aromatic N) is 2. The Hall–Kier alpha value is -1.02. The van der Waals surface area contributed by atoms with Gasteiger partial charge < -0.3 is 20.1 Å². The van der Waals surface area contributed by atoms with Crippen LogP contribution in [0.25, 0.3) is 0 Å². The summed E-state index contributed by atoms with van der Waals surface area (Å²) in [5, 5.41) is 13.0. The van der Waals surface area contributed by atoms with Crippen molar-refractivity contribution < 1.29 is 9.84 Å². The zero-order valence-corrected chi connectivity index (χ0v) is 16.3. The first-order chi connectivity index (χ1) is 10.7. The molecule has 0 radical (unpaired) electrons. The van der Waals surface area contributed by atoms with Crippen molar-refractivity contribution in [3.8, 4) is 5.75 Å². The van der Waals surface area contributed by atoms with E-state index in [2.05, 4.69) is 24.1 Å². The molecular weight excluding hydrogens is 405 g/mol. The van der Waals surface area contributed by atoms with Gasteiger partial charge in [0.15, 0.2) is 5.96 Å². The summed E-state index contributed by atoms with van der Waals surface area (Å²) in [5.41, 5.74) is 0. The van der Waals surface area contributed by atoms with Crippen LogP contribution in [-0.4, -0.2) is 54.4 Å². The Morgan fingerprint density at radius 2 is 2.13 bits per heavy atom. The monoisotopic (exact) mass is 433 g/mol. The van der Waals surface area contributed by atoms with Crippen LogP contribution in [0.1, 0.15) is 26.7 Å². The molecule has 5 nitrogen and oxygen atoms in total. The Morgan fingerprint density at radius 1 is 1.39 bits per heavy atom. The number of nitrogens with one attached hydrogen (secondary N) is 1. The first kappa shape index (κ1) is 20.0. The standard InChI is InChI=1S/C17H27N3O2.HI/c1-3-15(22-16-8-6-5-7-9-16)12-19-17(18-4-2)20-11-10-14(21)13-20;/h5-9,14-15,21H,3-4,10-13H2,1-2H3,(H,18,19);1H/t14-,15?;/m1./s1. The lowest BCUT2D eigenvalue weighted by Gasteiger charge is -2.22. The zero-order valence-electron chi connectivity index (χ0n) is 13.9. The van der Waals surface area contributed by atoms with Crippen LogP contribution in [0.2, 0.25) is 0 Å². The van der Waals surface area contributed by atoms with E-state index < -0.39 is 0 Å². The molecule has 1 saturated heterocycles. The minimum atomic E-state index is -0.244. The Morgan fingerprint density at radius 3 is 2.70 bits per heavy atom. The number of benzene rings is 1. The number of ether oxygens (including phenoxy) is 1. The summed E-state index contributed by atoms with van der Waals surface area (Å²) in [6.07, 6.45) is 1.53. The molecule has 1 aromatic rings. The first-order valence-corrected chi connectivity index (χ1v) is 8.16. The third-order valence-corrected chi connectivity index (χ3v) is 3.74. The van der Waals surface area contributed by atoms with Crippen LogP contribution in [-0.2, 0) is 0 Å². The Balaban J connectivity index is 0.00000264. The normalized spacial score (nSPS) is 19.2. The van der Waals surface area contributed by atoms with Crippen molar-refractivity contribution in [2.45, 2.75) is 38.9 Å². The molecule has 2 rings (SSSR count). The van der Waals surface area contributed by atoms with Crippen molar-refractivity contribution in [1.29, 1.82) is 0 Å². The third kappa shape index (κ3) is 6.55. The topological polar surface area (TPSA) is 57.1 Å². The number of hydrogen-bond donors (Lipinski definition) is 2. The lowest BCUT2D eigenvalue weighted by Crippen LogP contribution is -2.41. The van der Waals surface area contributed by atoms with Gasteiger partial charge in [0, 0.05) is 19.6 Å². The van der Waals surface area contributed by atoms with E-state index in [1.807, 2.05) is 30.3 Å². The van der Waals surface area contributed by atoms with Gasteiger partial charge in [0.1, 0.15) is 11.9 Å². The van der Waals surface area contributed by atoms with Gasteiger partial charge in [-0.05, 0) is 31.9 Å². The molecular formula is C17H28IN3O2. The molecule has 0 amide bonds. The van der Waals surface area contributed by atoms with Crippen molar-refractivity contribution >= 4 is 29.9 Å². The van der Waals surface area contributed by atoms with Gasteiger partial charge in [0.2, 0.25) is 0 Å². The molecule has 1 aromatic carbocycles. The van der Waals surface area contributed by atoms with Crippen LogP contribution in [0.15, 0.2) is 35.3 Å². The van der Waals surface area contributed by atoms with E-state index in [4.69, 9.17) is 9.73 Å². The number of aliphatic hydroxyl groups is 1. The smallest absolute Gasteiger partial charge is 0.194 e. The summed E-state index contributed by atoms with van der Waals surface area (Å²) in [5.74, 6) is 1.75. The summed E-state index contributed by atoms with van der Waals surface area (Å²) in [7, 11) is 0. The molecule has 0 aromatic heterocycles. The van der Waals surface area contributed by atoms with Crippen LogP contribution in [0.4, 0.5) is 0 Å². The molecule has 2 N–H and O–H groups in total. The van der Waals surface area contributed by atoms with Gasteiger partial charge in [-0.25, -0.2) is 4.99 Å². The van der Waals surface area contributed by atoms with Gasteiger partial charge >= 0.3 is 0 Å². The summed E-state index contributed by atoms with van der Waals surface area (Å²) in [4.78, 5) is 6.81. The van der Waals surface area contributed by atoms with Crippen molar-refractivity contribution in [3.05, 3.63) is 30.3 Å². The molecule has 0 spiro atoms. The summed E-state index contributed by atoms with van der Waals surface area (Å²) in [6, 6.07) is 9.86. The quantitative estimate of drug-likeness (QED) is 0.411. The van der Waals surface area contributed by atoms with E-state index in [0.29, 0.717) is 13.1 Å². The highest BCUT2D eigenvalue weighted by molar-refractivity contribution is 14.0. The van der Waals surface area contributed by atoms with E-state index in [9.17, 15) is 5.11 Å². The van der Waals surface area contributed by atoms with E-state index in [0.717, 1.165) is 37.6 Å². The highest BCUT2D eigenvalue weighted by Crippen LogP contribution is 2.13. The molecule has 130 valence electrons. The maximum absolute atomic E-state index is 9.69. The summed E-state index contributed by atoms with van der Waals surface area (Å²) in [6.45, 7) is 7.10. The van der Waals surface area contributed by atoms with Gasteiger partial charge in [-0.3, -0.25) is 0 Å². The number of guanidine groups is 1. The second kappa shape index (κ2) is 10.7. The first-order valence-electron chi connectivity index (χ1n) is 8.16. The van der Waals surface area contributed by atoms with Crippen molar-refractivity contribution in [2.75, 3.05) is 26.2 Å². The second-order valence-corrected chi connectivity index (χ2v) is 5.54. The predicted octanol–water partition coefficient (Wildman–Crippen LogP) is 2.49. The number of likely N-dealkylation sites (tertiary alicyclic amines) is 1. The van der Waals surface area contributed by atoms with Gasteiger partial charge in [0.25, 0.3) is 0 Å². The van der Waals surface area contributed by atoms with Crippen LogP contribution in [0.3, 0.4) is 0 Å². The molecule has 1 heterocycles. The van der Waals surface area contributed by atoms with Crippen molar-refractivity contribution in [1.82, 2.24) is 10.2 Å². The molecule has 1 fully saturated rings. The van der Waals surface area contributed by atoms with Gasteiger partial charge in [-0.2, -0.15) is 0 Å². The number of rotatable bonds is 6. The van der Waals surface area contributed by atoms with E-state index >= 15 is 0 Å². The number of aliphatic hydroxyl groups excluding tert-OH is 1. The Labute approximate surface area is 156 Å². The molecule has 1 aliphatic rings. The summed E-state index contributed by atoms with van der Waals surface area (Å²) < 4.78 is 5.97. The zero-order chi connectivity index (χ0) is 15.8. The third-order valence-electron chi connectivity index (χ3n) is 3.74. The molecule has 23 heavy (non-hydrogen) atoms. The minimum absolute atomic E-state index is 0. The van der Waals surface area contributed by atoms with Crippen LogP contribution < -0.4 is 10.1 Å². The average Bonchev–Trinajstić information content (AvgIpc) is 2.97. The molecule has 1 unspecified atom stereocenters. The highest BCUT2D eigenvalue weighted by atomic mass is 127. The van der Waals surface area contributed by atoms with Crippen LogP contribution in [0, 0.1) is 0 Å². The number of hydrogen-bond acceptors (Lipinski definition) is 3. The second-order valence-electron chi connectivity index (χ2n) is 5.54. The fourth-order valence-electron chi connectivity index (χ4n) is 2.49. The molecule has 0 aliphatic carbocycles. The molecule has 2 atom stereocenters. The Kier molecular flexibility index (Phi) is 9.31. The highest BCUT2D eigenvalue weighted by Gasteiger charge is 2.23. The van der Waals surface area contributed by atoms with E-state index in [1.54, 1.807) is 0 Å². The largest absolute Gasteiger partial charge is 0.489 e. The minimum Gasteiger partial charge on any atom is -0.489 e. The number of aliphatic imine (C=N–C) groups is 1. The maximum atomic E-state index is 9.69. The van der Waals surface area contributed by atoms with Crippen LogP contribution >= 0.6 is 24.0 Å². The number of para-hydroxylation sites is 1. The SMILES string of the molecule is CCNC(=NCC(CC)Oc1ccccc1)N1CC[C@@H](O)C1.I. The fourth-order valence-corrected chi connectivity index (χ4v) is 2.49. The van der Waals surface area contributed by atoms with Gasteiger partial charge in [-0.1, -0.05) is 25.1 Å². The summed E-state index contributed by atoms with van der Waals surface area (Å²) >= 11 is 0. The number of β-amino-alcohol motifs (C(OH)–C–C–N with tert-alkyl or cyclic N) is 1. The maximum Gasteiger partial charge on any atom is 0.194 e. The average molecular weight is 433 g/mol. The van der Waals surface area contributed by atoms with Gasteiger partial charge in [-0.15, -0.1) is 24.0 Å². The molecule has 6 heteroatoms. The van der Waals surface area contributed by atoms with Crippen LogP contribution in [0.5, 0.6) is 5.75 Å². The van der Waals surface area contributed by atoms with E-state index in [1.165, 1.54) is 0 Å². The molecule has 1 aliphatic heterocycles. The van der Waals surface area contributed by atoms with Crippen molar-refractivity contribution in [2.24, 2.45) is 4.99 Å². The van der Waals surface area contributed by atoms with Gasteiger partial charge in [0.05, 0.1) is 12.6 Å². The number of halogens is 1. The lowest BCUT2D eigenvalue weighted by atomic mass is 10.2. The fraction of sp³-hybridized carbons (Fsp3) is 0.588. The lowest BCUT2D eigenvalue weighted by molar-refractivity contribution is 0.187. The predicted molar refractivity (Wildman–Crippen MR) is 105 cm³/mol. The molecule has 0 saturated carbocycles. The van der Waals surface area contributed by atoms with E-state index in [-0.39, 0.29) is 36.2 Å². The van der Waals surface area contributed by atoms with Crippen molar-refractivity contribution in [3.63, 3.8) is 0 Å².